The fraction of sp³-hybridized carbons (Fsp3) is 0.600. The van der Waals surface area contributed by atoms with Crippen LogP contribution in [0.1, 0.15) is 26.1 Å². The zero-order chi connectivity index (χ0) is 10.8. The quantitative estimate of drug-likeness (QED) is 0.767. The van der Waals surface area contributed by atoms with Crippen molar-refractivity contribution in [2.45, 2.75) is 32.2 Å². The zero-order valence-corrected chi connectivity index (χ0v) is 8.95. The highest BCUT2D eigenvalue weighted by Gasteiger charge is 2.21. The van der Waals surface area contributed by atoms with Crippen molar-refractivity contribution in [2.24, 2.45) is 12.8 Å². The van der Waals surface area contributed by atoms with Crippen LogP contribution in [0, 0.1) is 0 Å². The third-order valence-corrected chi connectivity index (χ3v) is 2.22. The van der Waals surface area contributed by atoms with Crippen molar-refractivity contribution in [3.63, 3.8) is 0 Å². The van der Waals surface area contributed by atoms with Gasteiger partial charge in [0.15, 0.2) is 5.78 Å². The van der Waals surface area contributed by atoms with Gasteiger partial charge in [-0.2, -0.15) is 0 Å². The summed E-state index contributed by atoms with van der Waals surface area (Å²) in [7, 11) is 1.92. The Morgan fingerprint density at radius 3 is 2.71 bits per heavy atom. The Bertz CT molecular complexity index is 322. The molecule has 0 fully saturated rings. The monoisotopic (exact) mass is 195 g/mol. The maximum Gasteiger partial charge on any atom is 0.152 e. The smallest absolute Gasteiger partial charge is 0.152 e. The number of hydrogen-bond donors (Lipinski definition) is 1. The summed E-state index contributed by atoms with van der Waals surface area (Å²) < 4.78 is 1.91. The van der Waals surface area contributed by atoms with Crippen LogP contribution in [0.25, 0.3) is 0 Å². The summed E-state index contributed by atoms with van der Waals surface area (Å²) in [5.41, 5.74) is 4.95. The van der Waals surface area contributed by atoms with E-state index >= 15 is 0 Å². The molecule has 0 atom stereocenters. The van der Waals surface area contributed by atoms with Gasteiger partial charge < -0.3 is 10.3 Å². The van der Waals surface area contributed by atoms with E-state index in [2.05, 4.69) is 4.98 Å². The average Bonchev–Trinajstić information content (AvgIpc) is 2.45. The first-order valence-electron chi connectivity index (χ1n) is 4.69. The van der Waals surface area contributed by atoms with Gasteiger partial charge in [0, 0.05) is 32.3 Å². The molecule has 0 aromatic carbocycles. The lowest BCUT2D eigenvalue weighted by molar-refractivity contribution is -0.123. The summed E-state index contributed by atoms with van der Waals surface area (Å²) in [5.74, 6) is 0.989. The molecule has 1 rings (SSSR count). The topological polar surface area (TPSA) is 60.9 Å². The van der Waals surface area contributed by atoms with Gasteiger partial charge >= 0.3 is 0 Å². The fourth-order valence-corrected chi connectivity index (χ4v) is 1.18. The van der Waals surface area contributed by atoms with Crippen LogP contribution in [0.4, 0.5) is 0 Å². The van der Waals surface area contributed by atoms with Crippen LogP contribution in [-0.2, 0) is 18.3 Å². The van der Waals surface area contributed by atoms with E-state index in [1.54, 1.807) is 20.0 Å². The summed E-state index contributed by atoms with van der Waals surface area (Å²) >= 11 is 0. The Hall–Kier alpha value is -1.16. The molecule has 4 nitrogen and oxygen atoms in total. The predicted octanol–water partition coefficient (Wildman–Crippen LogP) is 0.659. The molecule has 2 N–H and O–H groups in total. The molecule has 1 aromatic heterocycles. The van der Waals surface area contributed by atoms with Gasteiger partial charge in [-0.3, -0.25) is 4.79 Å². The predicted molar refractivity (Wildman–Crippen MR) is 54.8 cm³/mol. The first kappa shape index (κ1) is 10.9. The summed E-state index contributed by atoms with van der Waals surface area (Å²) in [4.78, 5) is 15.6. The molecule has 0 amide bonds. The van der Waals surface area contributed by atoms with Crippen LogP contribution in [0.15, 0.2) is 12.4 Å². The van der Waals surface area contributed by atoms with Crippen LogP contribution < -0.4 is 5.73 Å². The Morgan fingerprint density at radius 2 is 2.29 bits per heavy atom. The van der Waals surface area contributed by atoms with Crippen molar-refractivity contribution in [3.05, 3.63) is 18.2 Å². The van der Waals surface area contributed by atoms with Crippen LogP contribution >= 0.6 is 0 Å². The van der Waals surface area contributed by atoms with Gasteiger partial charge in [-0.15, -0.1) is 0 Å². The van der Waals surface area contributed by atoms with E-state index < -0.39 is 5.54 Å². The Morgan fingerprint density at radius 1 is 1.64 bits per heavy atom. The van der Waals surface area contributed by atoms with Gasteiger partial charge in [-0.1, -0.05) is 0 Å². The number of imidazole rings is 1. The minimum atomic E-state index is -0.731. The first-order chi connectivity index (χ1) is 6.41. The van der Waals surface area contributed by atoms with E-state index in [0.29, 0.717) is 12.8 Å². The molecule has 0 radical (unpaired) electrons. The molecule has 1 heterocycles. The van der Waals surface area contributed by atoms with E-state index in [4.69, 9.17) is 5.73 Å². The van der Waals surface area contributed by atoms with E-state index in [1.165, 1.54) is 0 Å². The van der Waals surface area contributed by atoms with Crippen molar-refractivity contribution < 1.29 is 4.79 Å². The van der Waals surface area contributed by atoms with Gasteiger partial charge in [-0.05, 0) is 13.8 Å². The van der Waals surface area contributed by atoms with Gasteiger partial charge in [0.1, 0.15) is 5.82 Å². The van der Waals surface area contributed by atoms with Crippen molar-refractivity contribution in [1.29, 1.82) is 0 Å². The second-order valence-corrected chi connectivity index (χ2v) is 4.10. The molecule has 78 valence electrons. The SMILES string of the molecule is Cn1ccnc1CCC(=O)C(C)(C)N. The first-order valence-corrected chi connectivity index (χ1v) is 4.69. The van der Waals surface area contributed by atoms with Crippen LogP contribution in [0.3, 0.4) is 0 Å². The van der Waals surface area contributed by atoms with Crippen molar-refractivity contribution in [2.75, 3.05) is 0 Å². The van der Waals surface area contributed by atoms with Gasteiger partial charge in [0.05, 0.1) is 5.54 Å². The van der Waals surface area contributed by atoms with Gasteiger partial charge in [0.2, 0.25) is 0 Å². The number of carbonyl (C=O) groups excluding carboxylic acids is 1. The largest absolute Gasteiger partial charge is 0.338 e. The Labute approximate surface area is 84.1 Å². The van der Waals surface area contributed by atoms with Crippen molar-refractivity contribution >= 4 is 5.78 Å². The third kappa shape index (κ3) is 2.67. The van der Waals surface area contributed by atoms with E-state index in [0.717, 1.165) is 5.82 Å². The highest BCUT2D eigenvalue weighted by Crippen LogP contribution is 2.06. The van der Waals surface area contributed by atoms with Crippen LogP contribution in [0.2, 0.25) is 0 Å². The number of aromatic nitrogens is 2. The Kier molecular flexibility index (Phi) is 3.06. The molecular formula is C10H17N3O. The molecular weight excluding hydrogens is 178 g/mol. The second kappa shape index (κ2) is 3.92. The lowest BCUT2D eigenvalue weighted by Crippen LogP contribution is -2.41. The molecule has 0 aliphatic heterocycles. The normalized spacial score (nSPS) is 11.7. The number of nitrogens with two attached hydrogens (primary N) is 1. The molecule has 0 aliphatic rings. The minimum Gasteiger partial charge on any atom is -0.338 e. The molecule has 4 heteroatoms. The van der Waals surface area contributed by atoms with E-state index in [-0.39, 0.29) is 5.78 Å². The van der Waals surface area contributed by atoms with Gasteiger partial charge in [-0.25, -0.2) is 4.98 Å². The number of aryl methyl sites for hydroxylation is 2. The number of nitrogens with zero attached hydrogens (tertiary/aromatic N) is 2. The van der Waals surface area contributed by atoms with Gasteiger partial charge in [0.25, 0.3) is 0 Å². The maximum atomic E-state index is 11.5. The highest BCUT2D eigenvalue weighted by molar-refractivity contribution is 5.87. The van der Waals surface area contributed by atoms with Crippen molar-refractivity contribution in [1.82, 2.24) is 9.55 Å². The molecule has 0 bridgehead atoms. The number of Topliss-reactive ketones (excluding diaryl/α,β-unsaturated/α-hetero) is 1. The standard InChI is InChI=1S/C10H17N3O/c1-10(2,11)8(14)4-5-9-12-6-7-13(9)3/h6-7H,4-5,11H2,1-3H3. The number of rotatable bonds is 4. The third-order valence-electron chi connectivity index (χ3n) is 2.22. The fourth-order valence-electron chi connectivity index (χ4n) is 1.18. The number of ketones is 1. The Balaban J connectivity index is 2.50. The number of hydrogen-bond acceptors (Lipinski definition) is 3. The summed E-state index contributed by atoms with van der Waals surface area (Å²) in [6.45, 7) is 3.46. The highest BCUT2D eigenvalue weighted by atomic mass is 16.1. The minimum absolute atomic E-state index is 0.0699. The lowest BCUT2D eigenvalue weighted by Gasteiger charge is -2.16. The zero-order valence-electron chi connectivity index (χ0n) is 8.95. The number of carbonyl (C=O) groups is 1. The van der Waals surface area contributed by atoms with E-state index in [1.807, 2.05) is 17.8 Å². The van der Waals surface area contributed by atoms with Crippen molar-refractivity contribution in [3.8, 4) is 0 Å². The molecule has 0 saturated heterocycles. The molecule has 0 saturated carbocycles. The summed E-state index contributed by atoms with van der Waals surface area (Å²) in [6.07, 6.45) is 4.71. The van der Waals surface area contributed by atoms with E-state index in [9.17, 15) is 4.79 Å². The summed E-state index contributed by atoms with van der Waals surface area (Å²) in [5, 5.41) is 0. The lowest BCUT2D eigenvalue weighted by atomic mass is 9.97. The van der Waals surface area contributed by atoms with Crippen LogP contribution in [0.5, 0.6) is 0 Å². The molecule has 0 spiro atoms. The molecule has 14 heavy (non-hydrogen) atoms. The molecule has 1 aromatic rings. The molecule has 0 aliphatic carbocycles. The maximum absolute atomic E-state index is 11.5. The van der Waals surface area contributed by atoms with Crippen LogP contribution in [-0.4, -0.2) is 20.9 Å². The summed E-state index contributed by atoms with van der Waals surface area (Å²) in [6, 6.07) is 0. The second-order valence-electron chi connectivity index (χ2n) is 4.10. The average molecular weight is 195 g/mol. The molecule has 0 unspecified atom stereocenters.